The van der Waals surface area contributed by atoms with E-state index in [2.05, 4.69) is 0 Å². The Morgan fingerprint density at radius 1 is 1.29 bits per heavy atom. The summed E-state index contributed by atoms with van der Waals surface area (Å²) in [7, 11) is 3.03. The highest BCUT2D eigenvalue weighted by Crippen LogP contribution is 2.37. The summed E-state index contributed by atoms with van der Waals surface area (Å²) in [4.78, 5) is 0. The van der Waals surface area contributed by atoms with Crippen molar-refractivity contribution in [3.63, 3.8) is 0 Å². The van der Waals surface area contributed by atoms with Gasteiger partial charge in [-0.1, -0.05) is 18.2 Å². The maximum absolute atomic E-state index is 14.9. The maximum atomic E-state index is 14.9. The average Bonchev–Trinajstić information content (AvgIpc) is 2.36. The van der Waals surface area contributed by atoms with Gasteiger partial charge in [0.1, 0.15) is 5.75 Å². The van der Waals surface area contributed by atoms with E-state index in [0.29, 0.717) is 30.7 Å². The Hall–Kier alpha value is -1.13. The zero-order valence-electron chi connectivity index (χ0n) is 10.4. The number of nitrogens with two attached hydrogens (primary N) is 1. The van der Waals surface area contributed by atoms with Crippen LogP contribution in [0.3, 0.4) is 0 Å². The number of hydrogen-bond donors (Lipinski definition) is 1. The van der Waals surface area contributed by atoms with Gasteiger partial charge in [0.2, 0.25) is 0 Å². The van der Waals surface area contributed by atoms with Crippen LogP contribution < -0.4 is 10.5 Å². The zero-order chi connectivity index (χ0) is 12.7. The molecule has 1 atom stereocenters. The van der Waals surface area contributed by atoms with Crippen LogP contribution in [0, 0.1) is 0 Å². The Kier molecular flexibility index (Phi) is 5.38. The lowest BCUT2D eigenvalue weighted by Gasteiger charge is -2.26. The summed E-state index contributed by atoms with van der Waals surface area (Å²) in [6.07, 6.45) is 0.940. The quantitative estimate of drug-likeness (QED) is 0.796. The molecular formula is C13H20FNO2. The van der Waals surface area contributed by atoms with Gasteiger partial charge in [-0.15, -0.1) is 0 Å². The molecule has 1 aromatic carbocycles. The van der Waals surface area contributed by atoms with E-state index in [1.807, 2.05) is 6.07 Å². The molecule has 0 saturated carbocycles. The smallest absolute Gasteiger partial charge is 0.162 e. The van der Waals surface area contributed by atoms with Gasteiger partial charge in [0.25, 0.3) is 0 Å². The van der Waals surface area contributed by atoms with Gasteiger partial charge in [-0.2, -0.15) is 0 Å². The fourth-order valence-electron chi connectivity index (χ4n) is 1.91. The van der Waals surface area contributed by atoms with E-state index in [0.717, 1.165) is 0 Å². The van der Waals surface area contributed by atoms with Crippen molar-refractivity contribution in [2.24, 2.45) is 5.73 Å². The van der Waals surface area contributed by atoms with Gasteiger partial charge < -0.3 is 15.2 Å². The molecule has 0 aromatic heterocycles. The lowest BCUT2D eigenvalue weighted by molar-refractivity contribution is 0.0286. The molecule has 0 amide bonds. The van der Waals surface area contributed by atoms with Crippen molar-refractivity contribution >= 4 is 0 Å². The van der Waals surface area contributed by atoms with Crippen LogP contribution in [-0.4, -0.2) is 27.4 Å². The minimum Gasteiger partial charge on any atom is -0.496 e. The van der Waals surface area contributed by atoms with Crippen molar-refractivity contribution in [2.45, 2.75) is 18.5 Å². The van der Waals surface area contributed by atoms with Crippen molar-refractivity contribution in [3.8, 4) is 5.75 Å². The Balaban J connectivity index is 3.02. The molecule has 0 bridgehead atoms. The van der Waals surface area contributed by atoms with Crippen molar-refractivity contribution in [3.05, 3.63) is 29.8 Å². The van der Waals surface area contributed by atoms with E-state index in [9.17, 15) is 4.39 Å². The standard InChI is InChI=1S/C13H20FNO2/c1-16-10-13(14,8-5-9-15)11-6-3-4-7-12(11)17-2/h3-4,6-7H,5,8-10,15H2,1-2H3. The topological polar surface area (TPSA) is 44.5 Å². The molecule has 0 spiro atoms. The van der Waals surface area contributed by atoms with E-state index in [1.165, 1.54) is 14.2 Å². The fraction of sp³-hybridized carbons (Fsp3) is 0.538. The predicted octanol–water partition coefficient (Wildman–Crippen LogP) is 2.25. The molecule has 0 aliphatic heterocycles. The molecule has 3 nitrogen and oxygen atoms in total. The normalized spacial score (nSPS) is 14.4. The first kappa shape index (κ1) is 13.9. The van der Waals surface area contributed by atoms with E-state index in [4.69, 9.17) is 15.2 Å². The van der Waals surface area contributed by atoms with Gasteiger partial charge in [-0.05, 0) is 25.5 Å². The van der Waals surface area contributed by atoms with Crippen LogP contribution in [0.15, 0.2) is 24.3 Å². The molecule has 2 N–H and O–H groups in total. The van der Waals surface area contributed by atoms with Gasteiger partial charge in [0, 0.05) is 12.7 Å². The van der Waals surface area contributed by atoms with Crippen molar-refractivity contribution in [1.82, 2.24) is 0 Å². The largest absolute Gasteiger partial charge is 0.496 e. The predicted molar refractivity (Wildman–Crippen MR) is 65.9 cm³/mol. The summed E-state index contributed by atoms with van der Waals surface area (Å²) in [5, 5.41) is 0. The van der Waals surface area contributed by atoms with Crippen molar-refractivity contribution in [1.29, 1.82) is 0 Å². The molecule has 0 aliphatic rings. The van der Waals surface area contributed by atoms with Crippen LogP contribution in [0.2, 0.25) is 0 Å². The van der Waals surface area contributed by atoms with Crippen molar-refractivity contribution < 1.29 is 13.9 Å². The summed E-state index contributed by atoms with van der Waals surface area (Å²) in [6, 6.07) is 7.10. The van der Waals surface area contributed by atoms with Gasteiger partial charge in [-0.25, -0.2) is 4.39 Å². The number of methoxy groups -OCH3 is 2. The minimum atomic E-state index is -1.54. The second-order valence-electron chi connectivity index (χ2n) is 3.99. The molecule has 96 valence electrons. The van der Waals surface area contributed by atoms with Crippen LogP contribution in [0.5, 0.6) is 5.75 Å². The second-order valence-corrected chi connectivity index (χ2v) is 3.99. The molecule has 0 fully saturated rings. The van der Waals surface area contributed by atoms with Crippen molar-refractivity contribution in [2.75, 3.05) is 27.4 Å². The van der Waals surface area contributed by atoms with E-state index in [-0.39, 0.29) is 6.61 Å². The molecule has 1 rings (SSSR count). The monoisotopic (exact) mass is 241 g/mol. The summed E-state index contributed by atoms with van der Waals surface area (Å²) in [6.45, 7) is 0.470. The van der Waals surface area contributed by atoms with Crippen LogP contribution in [-0.2, 0) is 10.4 Å². The molecule has 17 heavy (non-hydrogen) atoms. The van der Waals surface area contributed by atoms with Crippen LogP contribution in [0.25, 0.3) is 0 Å². The number of ether oxygens (including phenoxy) is 2. The van der Waals surface area contributed by atoms with Gasteiger partial charge >= 0.3 is 0 Å². The molecular weight excluding hydrogens is 221 g/mol. The van der Waals surface area contributed by atoms with Gasteiger partial charge in [0.15, 0.2) is 5.67 Å². The minimum absolute atomic E-state index is 0.00731. The Morgan fingerprint density at radius 3 is 2.59 bits per heavy atom. The lowest BCUT2D eigenvalue weighted by Crippen LogP contribution is -2.27. The first-order valence-electron chi connectivity index (χ1n) is 5.69. The lowest BCUT2D eigenvalue weighted by atomic mass is 9.91. The van der Waals surface area contributed by atoms with Gasteiger partial charge in [0.05, 0.1) is 13.7 Å². The number of rotatable bonds is 7. The maximum Gasteiger partial charge on any atom is 0.162 e. The van der Waals surface area contributed by atoms with E-state index < -0.39 is 5.67 Å². The van der Waals surface area contributed by atoms with E-state index >= 15 is 0 Å². The number of alkyl halides is 1. The molecule has 1 unspecified atom stereocenters. The number of halogens is 1. The molecule has 0 aliphatic carbocycles. The first-order valence-corrected chi connectivity index (χ1v) is 5.69. The molecule has 1 aromatic rings. The van der Waals surface area contributed by atoms with Crippen LogP contribution in [0.4, 0.5) is 4.39 Å². The Bertz CT molecular complexity index is 346. The first-order chi connectivity index (χ1) is 8.18. The SMILES string of the molecule is COCC(F)(CCCN)c1ccccc1OC. The molecule has 0 heterocycles. The zero-order valence-corrected chi connectivity index (χ0v) is 10.4. The Labute approximate surface area is 102 Å². The number of benzene rings is 1. The summed E-state index contributed by atoms with van der Waals surface area (Å²) >= 11 is 0. The summed E-state index contributed by atoms with van der Waals surface area (Å²) in [5.41, 5.74) is 4.43. The fourth-order valence-corrected chi connectivity index (χ4v) is 1.91. The third-order valence-electron chi connectivity index (χ3n) is 2.74. The highest BCUT2D eigenvalue weighted by atomic mass is 19.1. The van der Waals surface area contributed by atoms with Crippen LogP contribution >= 0.6 is 0 Å². The number of hydrogen-bond acceptors (Lipinski definition) is 3. The number of para-hydroxylation sites is 1. The molecule has 4 heteroatoms. The third kappa shape index (κ3) is 3.41. The van der Waals surface area contributed by atoms with Gasteiger partial charge in [-0.3, -0.25) is 0 Å². The third-order valence-corrected chi connectivity index (χ3v) is 2.74. The second kappa shape index (κ2) is 6.57. The molecule has 0 saturated heterocycles. The Morgan fingerprint density at radius 2 is 2.00 bits per heavy atom. The summed E-state index contributed by atoms with van der Waals surface area (Å²) in [5.74, 6) is 0.545. The highest BCUT2D eigenvalue weighted by Gasteiger charge is 2.34. The highest BCUT2D eigenvalue weighted by molar-refractivity contribution is 5.38. The van der Waals surface area contributed by atoms with E-state index in [1.54, 1.807) is 18.2 Å². The average molecular weight is 241 g/mol. The van der Waals surface area contributed by atoms with Crippen LogP contribution in [0.1, 0.15) is 18.4 Å². The summed E-state index contributed by atoms with van der Waals surface area (Å²) < 4.78 is 25.1. The molecule has 0 radical (unpaired) electrons.